The lowest BCUT2D eigenvalue weighted by molar-refractivity contribution is 0.169. The van der Waals surface area contributed by atoms with Crippen molar-refractivity contribution in [2.24, 2.45) is 0 Å². The Morgan fingerprint density at radius 3 is 2.43 bits per heavy atom. The van der Waals surface area contributed by atoms with Gasteiger partial charge in [0.1, 0.15) is 11.6 Å². The van der Waals surface area contributed by atoms with E-state index in [1.165, 1.54) is 12.1 Å². The molecule has 2 aromatic rings. The molecule has 0 fully saturated rings. The van der Waals surface area contributed by atoms with Crippen molar-refractivity contribution in [1.82, 2.24) is 5.32 Å². The Bertz CT molecular complexity index is 695. The highest BCUT2D eigenvalue weighted by Gasteiger charge is 2.16. The molecule has 3 nitrogen and oxygen atoms in total. The molecule has 0 spiro atoms. The Morgan fingerprint density at radius 2 is 1.87 bits per heavy atom. The number of hydrogen-bond acceptors (Lipinski definition) is 3. The summed E-state index contributed by atoms with van der Waals surface area (Å²) in [6.07, 6.45) is -0.178. The largest absolute Gasteiger partial charge is 0.387 e. The molecule has 0 heterocycles. The van der Waals surface area contributed by atoms with Crippen LogP contribution in [0.1, 0.15) is 42.2 Å². The molecule has 0 amide bonds. The molecule has 5 heteroatoms. The highest BCUT2D eigenvalue weighted by molar-refractivity contribution is 5.32. The summed E-state index contributed by atoms with van der Waals surface area (Å²) < 4.78 is 26.8. The van der Waals surface area contributed by atoms with Gasteiger partial charge in [-0.25, -0.2) is 8.78 Å². The quantitative estimate of drug-likeness (QED) is 0.856. The summed E-state index contributed by atoms with van der Waals surface area (Å²) in [7, 11) is 0. The molecule has 2 unspecified atom stereocenters. The number of aliphatic hydroxyl groups excluding tert-OH is 1. The van der Waals surface area contributed by atoms with E-state index in [9.17, 15) is 13.9 Å². The van der Waals surface area contributed by atoms with Crippen LogP contribution in [0.25, 0.3) is 0 Å². The first-order chi connectivity index (χ1) is 11.0. The third-order valence-electron chi connectivity index (χ3n) is 3.73. The van der Waals surface area contributed by atoms with Gasteiger partial charge in [0, 0.05) is 24.2 Å². The van der Waals surface area contributed by atoms with Crippen LogP contribution in [0.5, 0.6) is 0 Å². The summed E-state index contributed by atoms with van der Waals surface area (Å²) in [6.45, 7) is 2.11. The lowest BCUT2D eigenvalue weighted by Crippen LogP contribution is -2.27. The second-order valence-electron chi connectivity index (χ2n) is 5.28. The van der Waals surface area contributed by atoms with Crippen molar-refractivity contribution in [3.8, 4) is 6.07 Å². The van der Waals surface area contributed by atoms with Gasteiger partial charge in [0.05, 0.1) is 17.7 Å². The molecule has 2 N–H and O–H groups in total. The van der Waals surface area contributed by atoms with Crippen LogP contribution >= 0.6 is 0 Å². The minimum Gasteiger partial charge on any atom is -0.387 e. The maximum absolute atomic E-state index is 13.8. The van der Waals surface area contributed by atoms with Crippen molar-refractivity contribution in [2.75, 3.05) is 6.54 Å². The standard InChI is InChI=1S/C18H18F2N2O/c1-2-17(15-8-7-14(19)9-16(15)20)22-11-18(23)13-5-3-12(10-21)4-6-13/h3-9,17-18,22-23H,2,11H2,1H3. The summed E-state index contributed by atoms with van der Waals surface area (Å²) in [5.41, 5.74) is 1.57. The molecular weight excluding hydrogens is 298 g/mol. The normalized spacial score (nSPS) is 13.3. The number of nitrogens with zero attached hydrogens (tertiary/aromatic N) is 1. The molecule has 0 aromatic heterocycles. The molecule has 120 valence electrons. The highest BCUT2D eigenvalue weighted by atomic mass is 19.1. The molecule has 0 radical (unpaired) electrons. The van der Waals surface area contributed by atoms with Crippen molar-refractivity contribution >= 4 is 0 Å². The Hall–Kier alpha value is -2.29. The van der Waals surface area contributed by atoms with Crippen molar-refractivity contribution in [3.63, 3.8) is 0 Å². The number of nitriles is 1. The molecule has 2 atom stereocenters. The summed E-state index contributed by atoms with van der Waals surface area (Å²) >= 11 is 0. The third kappa shape index (κ3) is 4.35. The Morgan fingerprint density at radius 1 is 1.17 bits per heavy atom. The minimum atomic E-state index is -0.777. The maximum atomic E-state index is 13.8. The predicted molar refractivity (Wildman–Crippen MR) is 83.5 cm³/mol. The summed E-state index contributed by atoms with van der Waals surface area (Å²) in [5, 5.41) is 22.0. The van der Waals surface area contributed by atoms with Crippen LogP contribution in [0.3, 0.4) is 0 Å². The van der Waals surface area contributed by atoms with E-state index in [0.29, 0.717) is 23.1 Å². The van der Waals surface area contributed by atoms with Crippen LogP contribution in [0.2, 0.25) is 0 Å². The molecular formula is C18H18F2N2O. The van der Waals surface area contributed by atoms with E-state index in [-0.39, 0.29) is 12.6 Å². The molecule has 2 rings (SSSR count). The van der Waals surface area contributed by atoms with Crippen LogP contribution < -0.4 is 5.32 Å². The fourth-order valence-corrected chi connectivity index (χ4v) is 2.41. The van der Waals surface area contributed by atoms with Crippen LogP contribution in [0.15, 0.2) is 42.5 Å². The molecule has 2 aromatic carbocycles. The maximum Gasteiger partial charge on any atom is 0.130 e. The van der Waals surface area contributed by atoms with Crippen molar-refractivity contribution in [1.29, 1.82) is 5.26 Å². The Kier molecular flexibility index (Phi) is 5.80. The molecule has 23 heavy (non-hydrogen) atoms. The number of nitrogens with one attached hydrogen (secondary N) is 1. The van der Waals surface area contributed by atoms with Gasteiger partial charge in [-0.05, 0) is 30.2 Å². The van der Waals surface area contributed by atoms with E-state index in [1.54, 1.807) is 24.3 Å². The highest BCUT2D eigenvalue weighted by Crippen LogP contribution is 2.22. The first-order valence-electron chi connectivity index (χ1n) is 7.41. The average molecular weight is 316 g/mol. The predicted octanol–water partition coefficient (Wildman–Crippen LogP) is 3.61. The van der Waals surface area contributed by atoms with Crippen molar-refractivity contribution in [2.45, 2.75) is 25.5 Å². The lowest BCUT2D eigenvalue weighted by Gasteiger charge is -2.20. The zero-order valence-corrected chi connectivity index (χ0v) is 12.8. The second-order valence-corrected chi connectivity index (χ2v) is 5.28. The van der Waals surface area contributed by atoms with Gasteiger partial charge >= 0.3 is 0 Å². The first-order valence-corrected chi connectivity index (χ1v) is 7.41. The molecule has 0 aliphatic heterocycles. The molecule has 0 saturated heterocycles. The summed E-state index contributed by atoms with van der Waals surface area (Å²) in [5.74, 6) is -1.21. The summed E-state index contributed by atoms with van der Waals surface area (Å²) in [4.78, 5) is 0. The monoisotopic (exact) mass is 316 g/mol. The van der Waals surface area contributed by atoms with E-state index in [1.807, 2.05) is 13.0 Å². The average Bonchev–Trinajstić information content (AvgIpc) is 2.56. The third-order valence-corrected chi connectivity index (χ3v) is 3.73. The SMILES string of the molecule is CCC(NCC(O)c1ccc(C#N)cc1)c1ccc(F)cc1F. The van der Waals surface area contributed by atoms with Gasteiger partial charge in [-0.3, -0.25) is 0 Å². The first kappa shape index (κ1) is 17.1. The van der Waals surface area contributed by atoms with E-state index in [4.69, 9.17) is 5.26 Å². The molecule has 0 saturated carbocycles. The van der Waals surface area contributed by atoms with Crippen molar-refractivity contribution < 1.29 is 13.9 Å². The number of halogens is 2. The smallest absolute Gasteiger partial charge is 0.130 e. The zero-order chi connectivity index (χ0) is 16.8. The van der Waals surface area contributed by atoms with E-state index in [0.717, 1.165) is 6.07 Å². The molecule has 0 aliphatic carbocycles. The van der Waals surface area contributed by atoms with Gasteiger partial charge < -0.3 is 10.4 Å². The fourth-order valence-electron chi connectivity index (χ4n) is 2.41. The second kappa shape index (κ2) is 7.82. The van der Waals surface area contributed by atoms with Gasteiger partial charge in [0.25, 0.3) is 0 Å². The number of aliphatic hydroxyl groups is 1. The van der Waals surface area contributed by atoms with Gasteiger partial charge in [0.2, 0.25) is 0 Å². The Labute approximate surface area is 134 Å². The van der Waals surface area contributed by atoms with Crippen LogP contribution in [-0.4, -0.2) is 11.7 Å². The van der Waals surface area contributed by atoms with Crippen LogP contribution in [0, 0.1) is 23.0 Å². The van der Waals surface area contributed by atoms with Crippen LogP contribution in [-0.2, 0) is 0 Å². The van der Waals surface area contributed by atoms with Crippen LogP contribution in [0.4, 0.5) is 8.78 Å². The number of hydrogen-bond donors (Lipinski definition) is 2. The van der Waals surface area contributed by atoms with E-state index >= 15 is 0 Å². The fraction of sp³-hybridized carbons (Fsp3) is 0.278. The Balaban J connectivity index is 2.03. The van der Waals surface area contributed by atoms with E-state index < -0.39 is 17.7 Å². The number of benzene rings is 2. The molecule has 0 bridgehead atoms. The topological polar surface area (TPSA) is 56.0 Å². The van der Waals surface area contributed by atoms with Gasteiger partial charge in [-0.2, -0.15) is 5.26 Å². The van der Waals surface area contributed by atoms with Gasteiger partial charge in [-0.15, -0.1) is 0 Å². The minimum absolute atomic E-state index is 0.223. The van der Waals surface area contributed by atoms with Gasteiger partial charge in [0.15, 0.2) is 0 Å². The summed E-state index contributed by atoms with van der Waals surface area (Å²) in [6, 6.07) is 11.8. The zero-order valence-electron chi connectivity index (χ0n) is 12.8. The van der Waals surface area contributed by atoms with Crippen molar-refractivity contribution in [3.05, 3.63) is 70.8 Å². The van der Waals surface area contributed by atoms with E-state index in [2.05, 4.69) is 5.32 Å². The number of rotatable bonds is 6. The molecule has 0 aliphatic rings. The lowest BCUT2D eigenvalue weighted by atomic mass is 10.0. The van der Waals surface area contributed by atoms with Gasteiger partial charge in [-0.1, -0.05) is 25.1 Å².